The summed E-state index contributed by atoms with van der Waals surface area (Å²) >= 11 is 5.97. The van der Waals surface area contributed by atoms with E-state index in [1.54, 1.807) is 0 Å². The largest absolute Gasteiger partial charge is 0.494 e. The highest BCUT2D eigenvalue weighted by atomic mass is 35.5. The SMILES string of the molecule is O=C1Cc2cc(OCCCN3CCN(c4ccc(Cl)cc4)CC3)ccc2N1. The van der Waals surface area contributed by atoms with Crippen LogP contribution in [0.4, 0.5) is 11.4 Å². The fourth-order valence-corrected chi connectivity index (χ4v) is 3.78. The summed E-state index contributed by atoms with van der Waals surface area (Å²) < 4.78 is 5.87. The summed E-state index contributed by atoms with van der Waals surface area (Å²) in [6.45, 7) is 5.93. The van der Waals surface area contributed by atoms with Crippen molar-refractivity contribution in [3.63, 3.8) is 0 Å². The Balaban J connectivity index is 1.17. The Morgan fingerprint density at radius 1 is 1.04 bits per heavy atom. The highest BCUT2D eigenvalue weighted by molar-refractivity contribution is 6.30. The van der Waals surface area contributed by atoms with E-state index in [9.17, 15) is 4.79 Å². The number of fused-ring (bicyclic) bond motifs is 1. The van der Waals surface area contributed by atoms with Gasteiger partial charge in [0.25, 0.3) is 0 Å². The second-order valence-electron chi connectivity index (χ2n) is 7.05. The van der Waals surface area contributed by atoms with E-state index in [1.165, 1.54) is 5.69 Å². The van der Waals surface area contributed by atoms with Crippen molar-refractivity contribution in [3.8, 4) is 5.75 Å². The van der Waals surface area contributed by atoms with Gasteiger partial charge in [0.05, 0.1) is 13.0 Å². The Hall–Kier alpha value is -2.24. The molecule has 142 valence electrons. The Kier molecular flexibility index (Phi) is 5.50. The summed E-state index contributed by atoms with van der Waals surface area (Å²) in [6.07, 6.45) is 1.44. The van der Waals surface area contributed by atoms with E-state index < -0.39 is 0 Å². The fourth-order valence-electron chi connectivity index (χ4n) is 3.66. The highest BCUT2D eigenvalue weighted by Gasteiger charge is 2.18. The number of hydrogen-bond donors (Lipinski definition) is 1. The van der Waals surface area contributed by atoms with Crippen molar-refractivity contribution in [3.05, 3.63) is 53.1 Å². The lowest BCUT2D eigenvalue weighted by molar-refractivity contribution is -0.115. The van der Waals surface area contributed by atoms with Gasteiger partial charge in [0, 0.05) is 49.1 Å². The molecule has 6 heteroatoms. The number of nitrogens with zero attached hydrogens (tertiary/aromatic N) is 2. The lowest BCUT2D eigenvalue weighted by atomic mass is 10.1. The zero-order valence-corrected chi connectivity index (χ0v) is 16.0. The number of amides is 1. The zero-order chi connectivity index (χ0) is 18.6. The van der Waals surface area contributed by atoms with Gasteiger partial charge in [-0.15, -0.1) is 0 Å². The number of piperazine rings is 1. The first-order valence-corrected chi connectivity index (χ1v) is 9.84. The Morgan fingerprint density at radius 3 is 2.59 bits per heavy atom. The van der Waals surface area contributed by atoms with Gasteiger partial charge >= 0.3 is 0 Å². The minimum Gasteiger partial charge on any atom is -0.494 e. The Labute approximate surface area is 164 Å². The van der Waals surface area contributed by atoms with Crippen LogP contribution in [0.3, 0.4) is 0 Å². The van der Waals surface area contributed by atoms with Crippen LogP contribution in [0.5, 0.6) is 5.75 Å². The minimum absolute atomic E-state index is 0.0555. The van der Waals surface area contributed by atoms with E-state index in [4.69, 9.17) is 16.3 Å². The molecule has 1 fully saturated rings. The Bertz CT molecular complexity index is 802. The van der Waals surface area contributed by atoms with Crippen molar-refractivity contribution in [2.24, 2.45) is 0 Å². The van der Waals surface area contributed by atoms with Crippen LogP contribution in [0.1, 0.15) is 12.0 Å². The van der Waals surface area contributed by atoms with Crippen LogP contribution in [0.2, 0.25) is 5.02 Å². The van der Waals surface area contributed by atoms with Crippen LogP contribution in [0.25, 0.3) is 0 Å². The first-order valence-electron chi connectivity index (χ1n) is 9.46. The van der Waals surface area contributed by atoms with Gasteiger partial charge in [0.2, 0.25) is 5.91 Å². The zero-order valence-electron chi connectivity index (χ0n) is 15.3. The van der Waals surface area contributed by atoms with E-state index in [0.717, 1.165) is 61.2 Å². The summed E-state index contributed by atoms with van der Waals surface area (Å²) in [4.78, 5) is 16.3. The number of hydrogen-bond acceptors (Lipinski definition) is 4. The van der Waals surface area contributed by atoms with Crippen molar-refractivity contribution < 1.29 is 9.53 Å². The molecule has 1 saturated heterocycles. The van der Waals surface area contributed by atoms with Gasteiger partial charge in [-0.05, 0) is 54.4 Å². The average molecular weight is 386 g/mol. The molecule has 2 aliphatic rings. The van der Waals surface area contributed by atoms with Crippen LogP contribution >= 0.6 is 11.6 Å². The molecule has 0 saturated carbocycles. The molecule has 0 radical (unpaired) electrons. The normalized spacial score (nSPS) is 16.9. The topological polar surface area (TPSA) is 44.8 Å². The number of ether oxygens (including phenoxy) is 1. The molecule has 2 heterocycles. The van der Waals surface area contributed by atoms with Crippen LogP contribution in [-0.4, -0.2) is 50.1 Å². The molecule has 27 heavy (non-hydrogen) atoms. The Morgan fingerprint density at radius 2 is 1.81 bits per heavy atom. The second-order valence-corrected chi connectivity index (χ2v) is 7.49. The number of carbonyl (C=O) groups is 1. The number of anilines is 2. The molecule has 0 aliphatic carbocycles. The van der Waals surface area contributed by atoms with Crippen molar-refractivity contribution >= 4 is 28.9 Å². The van der Waals surface area contributed by atoms with E-state index in [1.807, 2.05) is 30.3 Å². The number of carbonyl (C=O) groups excluding carboxylic acids is 1. The molecule has 0 spiro atoms. The van der Waals surface area contributed by atoms with Gasteiger partial charge in [-0.1, -0.05) is 11.6 Å². The van der Waals surface area contributed by atoms with E-state index in [0.29, 0.717) is 13.0 Å². The van der Waals surface area contributed by atoms with E-state index >= 15 is 0 Å². The van der Waals surface area contributed by atoms with Crippen LogP contribution in [0.15, 0.2) is 42.5 Å². The number of halogens is 1. The van der Waals surface area contributed by atoms with E-state index in [2.05, 4.69) is 27.2 Å². The summed E-state index contributed by atoms with van der Waals surface area (Å²) in [5, 5.41) is 3.62. The minimum atomic E-state index is 0.0555. The first kappa shape index (κ1) is 18.1. The maximum Gasteiger partial charge on any atom is 0.228 e. The van der Waals surface area contributed by atoms with Crippen LogP contribution in [0, 0.1) is 0 Å². The summed E-state index contributed by atoms with van der Waals surface area (Å²) in [5.74, 6) is 0.901. The molecular formula is C21H24ClN3O2. The predicted molar refractivity (Wildman–Crippen MR) is 109 cm³/mol. The molecule has 0 unspecified atom stereocenters. The monoisotopic (exact) mass is 385 g/mol. The average Bonchev–Trinajstić information content (AvgIpc) is 3.06. The number of rotatable bonds is 6. The van der Waals surface area contributed by atoms with Crippen molar-refractivity contribution in [2.75, 3.05) is 49.5 Å². The molecule has 4 rings (SSSR count). The quantitative estimate of drug-likeness (QED) is 0.774. The molecule has 0 atom stereocenters. The molecule has 1 amide bonds. The van der Waals surface area contributed by atoms with Gasteiger partial charge in [-0.25, -0.2) is 0 Å². The smallest absolute Gasteiger partial charge is 0.228 e. The van der Waals surface area contributed by atoms with Crippen molar-refractivity contribution in [2.45, 2.75) is 12.8 Å². The summed E-state index contributed by atoms with van der Waals surface area (Å²) in [6, 6.07) is 13.9. The molecule has 0 bridgehead atoms. The van der Waals surface area contributed by atoms with Gasteiger partial charge in [-0.2, -0.15) is 0 Å². The summed E-state index contributed by atoms with van der Waals surface area (Å²) in [7, 11) is 0. The third-order valence-electron chi connectivity index (χ3n) is 5.15. The lowest BCUT2D eigenvalue weighted by Crippen LogP contribution is -2.46. The maximum atomic E-state index is 11.4. The molecule has 1 N–H and O–H groups in total. The first-order chi connectivity index (χ1) is 13.2. The molecule has 0 aromatic heterocycles. The molecule has 2 aromatic carbocycles. The fraction of sp³-hybridized carbons (Fsp3) is 0.381. The van der Waals surface area contributed by atoms with Crippen molar-refractivity contribution in [1.29, 1.82) is 0 Å². The number of benzene rings is 2. The van der Waals surface area contributed by atoms with Gasteiger partial charge in [0.15, 0.2) is 0 Å². The molecule has 2 aliphatic heterocycles. The van der Waals surface area contributed by atoms with Crippen LogP contribution < -0.4 is 15.0 Å². The van der Waals surface area contributed by atoms with Gasteiger partial charge < -0.3 is 15.0 Å². The second kappa shape index (κ2) is 8.19. The lowest BCUT2D eigenvalue weighted by Gasteiger charge is -2.36. The number of nitrogens with one attached hydrogen (secondary N) is 1. The maximum absolute atomic E-state index is 11.4. The molecule has 5 nitrogen and oxygen atoms in total. The van der Waals surface area contributed by atoms with Crippen LogP contribution in [-0.2, 0) is 11.2 Å². The predicted octanol–water partition coefficient (Wildman–Crippen LogP) is 3.43. The van der Waals surface area contributed by atoms with Gasteiger partial charge in [-0.3, -0.25) is 9.69 Å². The van der Waals surface area contributed by atoms with Crippen molar-refractivity contribution in [1.82, 2.24) is 4.90 Å². The third-order valence-corrected chi connectivity index (χ3v) is 5.41. The standard InChI is InChI=1S/C21H24ClN3O2/c22-17-2-4-18(5-3-17)25-11-9-24(10-12-25)8-1-13-27-19-6-7-20-16(14-19)15-21(26)23-20/h2-7,14H,1,8-13,15H2,(H,23,26). The molecular weight excluding hydrogens is 362 g/mol. The molecule has 2 aromatic rings. The third kappa shape index (κ3) is 4.54. The van der Waals surface area contributed by atoms with E-state index in [-0.39, 0.29) is 5.91 Å². The van der Waals surface area contributed by atoms with Gasteiger partial charge in [0.1, 0.15) is 5.75 Å². The highest BCUT2D eigenvalue weighted by Crippen LogP contribution is 2.27. The summed E-state index contributed by atoms with van der Waals surface area (Å²) in [5.41, 5.74) is 3.17.